The third-order valence-electron chi connectivity index (χ3n) is 2.59. The molecule has 1 heterocycles. The largest absolute Gasteiger partial charge is 0.479 e. The Balaban J connectivity index is 2.29. The maximum absolute atomic E-state index is 13.4. The molecule has 94 valence electrons. The van der Waals surface area contributed by atoms with Crippen molar-refractivity contribution < 1.29 is 19.0 Å². The van der Waals surface area contributed by atoms with Gasteiger partial charge in [-0.1, -0.05) is 6.07 Å². The Bertz CT molecular complexity index is 585. The Morgan fingerprint density at radius 1 is 1.56 bits per heavy atom. The minimum Gasteiger partial charge on any atom is -0.479 e. The number of benzene rings is 1. The molecule has 0 bridgehead atoms. The van der Waals surface area contributed by atoms with Gasteiger partial charge in [0.25, 0.3) is 0 Å². The zero-order chi connectivity index (χ0) is 13.1. The number of carbonyl (C=O) groups is 1. The zero-order valence-electron chi connectivity index (χ0n) is 9.76. The van der Waals surface area contributed by atoms with Gasteiger partial charge in [-0.2, -0.15) is 0 Å². The molecule has 1 aromatic carbocycles. The van der Waals surface area contributed by atoms with Crippen molar-refractivity contribution in [2.45, 2.75) is 19.6 Å². The van der Waals surface area contributed by atoms with Crippen LogP contribution < -0.4 is 0 Å². The van der Waals surface area contributed by atoms with Crippen molar-refractivity contribution in [1.29, 1.82) is 0 Å². The molecule has 1 N–H and O–H groups in total. The van der Waals surface area contributed by atoms with Gasteiger partial charge in [0.2, 0.25) is 0 Å². The second-order valence-corrected chi connectivity index (χ2v) is 3.93. The summed E-state index contributed by atoms with van der Waals surface area (Å²) in [6.07, 6.45) is 0.664. The number of hydrogen-bond acceptors (Lipinski definition) is 3. The van der Waals surface area contributed by atoms with E-state index >= 15 is 0 Å². The molecule has 0 spiro atoms. The lowest BCUT2D eigenvalue weighted by Gasteiger charge is -2.10. The first-order valence-electron chi connectivity index (χ1n) is 5.45. The fourth-order valence-electron chi connectivity index (χ4n) is 1.62. The number of hydrogen-bond donors (Lipinski definition) is 1. The number of carboxylic acids is 1. The number of carboxylic acid groups (broad SMARTS) is 1. The molecule has 4 nitrogen and oxygen atoms in total. The lowest BCUT2D eigenvalue weighted by molar-refractivity contribution is -0.149. The maximum Gasteiger partial charge on any atom is 0.332 e. The fraction of sp³-hybridized carbons (Fsp3) is 0.231. The average molecular weight is 249 g/mol. The van der Waals surface area contributed by atoms with E-state index in [1.54, 1.807) is 18.3 Å². The molecule has 1 atom stereocenters. The SMILES string of the molecule is CC(OCc1cc(F)cc2cccnc12)C(=O)O. The van der Waals surface area contributed by atoms with Crippen LogP contribution in [0.5, 0.6) is 0 Å². The highest BCUT2D eigenvalue weighted by molar-refractivity contribution is 5.81. The molecule has 0 saturated heterocycles. The van der Waals surface area contributed by atoms with Crippen LogP contribution in [0.4, 0.5) is 4.39 Å². The van der Waals surface area contributed by atoms with E-state index in [4.69, 9.17) is 9.84 Å². The summed E-state index contributed by atoms with van der Waals surface area (Å²) < 4.78 is 18.5. The number of fused-ring (bicyclic) bond motifs is 1. The topological polar surface area (TPSA) is 59.4 Å². The number of pyridine rings is 1. The van der Waals surface area contributed by atoms with E-state index < -0.39 is 17.9 Å². The predicted octanol–water partition coefficient (Wildman–Crippen LogP) is 2.36. The van der Waals surface area contributed by atoms with Crippen LogP contribution >= 0.6 is 0 Å². The fourth-order valence-corrected chi connectivity index (χ4v) is 1.62. The molecule has 0 aliphatic rings. The number of rotatable bonds is 4. The van der Waals surface area contributed by atoms with Gasteiger partial charge in [-0.15, -0.1) is 0 Å². The van der Waals surface area contributed by atoms with Crippen LogP contribution in [0.2, 0.25) is 0 Å². The first-order chi connectivity index (χ1) is 8.58. The molecule has 5 heteroatoms. The van der Waals surface area contributed by atoms with E-state index in [0.29, 0.717) is 16.5 Å². The Labute approximate surface area is 103 Å². The summed E-state index contributed by atoms with van der Waals surface area (Å²) in [6.45, 7) is 1.44. The van der Waals surface area contributed by atoms with Crippen LogP contribution in [0.25, 0.3) is 10.9 Å². The predicted molar refractivity (Wildman–Crippen MR) is 63.6 cm³/mol. The summed E-state index contributed by atoms with van der Waals surface area (Å²) in [4.78, 5) is 14.8. The van der Waals surface area contributed by atoms with Crippen molar-refractivity contribution in [3.63, 3.8) is 0 Å². The van der Waals surface area contributed by atoms with E-state index in [1.807, 2.05) is 0 Å². The number of aliphatic carboxylic acids is 1. The van der Waals surface area contributed by atoms with Crippen LogP contribution in [0.15, 0.2) is 30.5 Å². The number of halogens is 1. The van der Waals surface area contributed by atoms with Crippen LogP contribution in [0.1, 0.15) is 12.5 Å². The molecule has 0 aliphatic carbocycles. The average Bonchev–Trinajstić information content (AvgIpc) is 2.35. The molecule has 18 heavy (non-hydrogen) atoms. The van der Waals surface area contributed by atoms with Gasteiger partial charge in [0.15, 0.2) is 6.10 Å². The van der Waals surface area contributed by atoms with Crippen molar-refractivity contribution in [2.75, 3.05) is 0 Å². The highest BCUT2D eigenvalue weighted by Crippen LogP contribution is 2.19. The summed E-state index contributed by atoms with van der Waals surface area (Å²) in [5.74, 6) is -1.44. The van der Waals surface area contributed by atoms with Gasteiger partial charge in [-0.3, -0.25) is 4.98 Å². The lowest BCUT2D eigenvalue weighted by atomic mass is 10.1. The molecule has 1 unspecified atom stereocenters. The van der Waals surface area contributed by atoms with Gasteiger partial charge < -0.3 is 9.84 Å². The van der Waals surface area contributed by atoms with Gasteiger partial charge in [0, 0.05) is 17.1 Å². The first-order valence-corrected chi connectivity index (χ1v) is 5.45. The molecule has 0 aliphatic heterocycles. The van der Waals surface area contributed by atoms with Crippen LogP contribution in [0.3, 0.4) is 0 Å². The van der Waals surface area contributed by atoms with Crippen LogP contribution in [-0.4, -0.2) is 22.2 Å². The van der Waals surface area contributed by atoms with E-state index in [2.05, 4.69) is 4.98 Å². The summed E-state index contributed by atoms with van der Waals surface area (Å²) in [6, 6.07) is 6.15. The van der Waals surface area contributed by atoms with E-state index in [0.717, 1.165) is 0 Å². The monoisotopic (exact) mass is 249 g/mol. The number of nitrogens with zero attached hydrogens (tertiary/aromatic N) is 1. The third kappa shape index (κ3) is 2.62. The van der Waals surface area contributed by atoms with E-state index in [1.165, 1.54) is 19.1 Å². The van der Waals surface area contributed by atoms with Gasteiger partial charge in [-0.25, -0.2) is 9.18 Å². The van der Waals surface area contributed by atoms with Crippen molar-refractivity contribution in [2.24, 2.45) is 0 Å². The molecule has 0 fully saturated rings. The lowest BCUT2D eigenvalue weighted by Crippen LogP contribution is -2.19. The Kier molecular flexibility index (Phi) is 3.53. The molecular weight excluding hydrogens is 237 g/mol. The number of ether oxygens (including phenoxy) is 1. The standard InChI is InChI=1S/C13H12FNO3/c1-8(13(16)17)18-7-10-6-11(14)5-9-3-2-4-15-12(9)10/h2-6,8H,7H2,1H3,(H,16,17). The smallest absolute Gasteiger partial charge is 0.332 e. The molecule has 2 aromatic rings. The number of aromatic nitrogens is 1. The quantitative estimate of drug-likeness (QED) is 0.903. The van der Waals surface area contributed by atoms with Crippen molar-refractivity contribution in [3.8, 4) is 0 Å². The van der Waals surface area contributed by atoms with Crippen molar-refractivity contribution in [1.82, 2.24) is 4.98 Å². The zero-order valence-corrected chi connectivity index (χ0v) is 9.76. The highest BCUT2D eigenvalue weighted by atomic mass is 19.1. The molecule has 0 radical (unpaired) electrons. The minimum atomic E-state index is -1.05. The normalized spacial score (nSPS) is 12.6. The minimum absolute atomic E-state index is 0.0126. The second-order valence-electron chi connectivity index (χ2n) is 3.93. The van der Waals surface area contributed by atoms with Gasteiger partial charge in [-0.05, 0) is 25.1 Å². The summed E-state index contributed by atoms with van der Waals surface area (Å²) in [5, 5.41) is 9.38. The molecule has 0 amide bonds. The second kappa shape index (κ2) is 5.10. The van der Waals surface area contributed by atoms with E-state index in [-0.39, 0.29) is 6.61 Å². The summed E-state index contributed by atoms with van der Waals surface area (Å²) in [5.41, 5.74) is 1.16. The summed E-state index contributed by atoms with van der Waals surface area (Å²) in [7, 11) is 0. The summed E-state index contributed by atoms with van der Waals surface area (Å²) >= 11 is 0. The molecule has 1 aromatic heterocycles. The molecule has 0 saturated carbocycles. The first kappa shape index (κ1) is 12.4. The highest BCUT2D eigenvalue weighted by Gasteiger charge is 2.13. The Hall–Kier alpha value is -2.01. The van der Waals surface area contributed by atoms with Gasteiger partial charge in [0.05, 0.1) is 12.1 Å². The van der Waals surface area contributed by atoms with Gasteiger partial charge in [0.1, 0.15) is 5.82 Å². The van der Waals surface area contributed by atoms with Crippen LogP contribution in [-0.2, 0) is 16.1 Å². The third-order valence-corrected chi connectivity index (χ3v) is 2.59. The maximum atomic E-state index is 13.4. The Morgan fingerprint density at radius 2 is 2.33 bits per heavy atom. The van der Waals surface area contributed by atoms with Gasteiger partial charge >= 0.3 is 5.97 Å². The van der Waals surface area contributed by atoms with Crippen molar-refractivity contribution in [3.05, 3.63) is 41.8 Å². The van der Waals surface area contributed by atoms with Crippen molar-refractivity contribution >= 4 is 16.9 Å². The Morgan fingerprint density at radius 3 is 3.06 bits per heavy atom. The molecular formula is C13H12FNO3. The van der Waals surface area contributed by atoms with Crippen LogP contribution in [0, 0.1) is 5.82 Å². The molecule has 2 rings (SSSR count). The van der Waals surface area contributed by atoms with E-state index in [9.17, 15) is 9.18 Å².